The summed E-state index contributed by atoms with van der Waals surface area (Å²) in [6.45, 7) is 2.99. The van der Waals surface area contributed by atoms with Crippen molar-refractivity contribution in [3.8, 4) is 11.3 Å². The number of hydrogen-bond donors (Lipinski definition) is 1. The molecule has 7 heteroatoms. The van der Waals surface area contributed by atoms with Gasteiger partial charge in [0, 0.05) is 22.0 Å². The van der Waals surface area contributed by atoms with Gasteiger partial charge < -0.3 is 9.47 Å². The summed E-state index contributed by atoms with van der Waals surface area (Å²) >= 11 is 4.86. The molecule has 134 valence electrons. The van der Waals surface area contributed by atoms with Crippen LogP contribution in [0.1, 0.15) is 26.2 Å². The fourth-order valence-corrected chi connectivity index (χ4v) is 3.71. The number of hydrogen-bond acceptors (Lipinski definition) is 5. The van der Waals surface area contributed by atoms with E-state index in [4.69, 9.17) is 9.47 Å². The van der Waals surface area contributed by atoms with Crippen molar-refractivity contribution in [1.82, 2.24) is 4.98 Å². The van der Waals surface area contributed by atoms with E-state index in [2.05, 4.69) is 26.2 Å². The Kier molecular flexibility index (Phi) is 6.58. The summed E-state index contributed by atoms with van der Waals surface area (Å²) in [6.07, 6.45) is 2.83. The van der Waals surface area contributed by atoms with Crippen LogP contribution in [-0.2, 0) is 14.3 Å². The molecule has 0 aliphatic carbocycles. The standard InChI is InChI=1S/C18H21BrN2O3S/c1-12(24-10-15-7-2-3-8-23-15)17(22)21-18-20-16(11-25-18)13-5-4-6-14(19)9-13/h4-6,9,11-12,15H,2-3,7-8,10H2,1H3,(H,20,21,22). The number of amides is 1. The molecule has 2 unspecified atom stereocenters. The van der Waals surface area contributed by atoms with Crippen LogP contribution in [0, 0.1) is 0 Å². The molecule has 1 aromatic heterocycles. The van der Waals surface area contributed by atoms with Gasteiger partial charge in [-0.25, -0.2) is 4.98 Å². The van der Waals surface area contributed by atoms with E-state index < -0.39 is 6.10 Å². The third kappa shape index (κ3) is 5.34. The highest BCUT2D eigenvalue weighted by Gasteiger charge is 2.19. The maximum atomic E-state index is 12.3. The Morgan fingerprint density at radius 3 is 3.16 bits per heavy atom. The van der Waals surface area contributed by atoms with Crippen LogP contribution < -0.4 is 5.32 Å². The van der Waals surface area contributed by atoms with E-state index in [1.54, 1.807) is 6.92 Å². The fraction of sp³-hybridized carbons (Fsp3) is 0.444. The average Bonchev–Trinajstić information content (AvgIpc) is 3.09. The van der Waals surface area contributed by atoms with Crippen LogP contribution in [0.25, 0.3) is 11.3 Å². The van der Waals surface area contributed by atoms with Crippen LogP contribution in [-0.4, -0.2) is 36.3 Å². The predicted octanol–water partition coefficient (Wildman–Crippen LogP) is 4.49. The van der Waals surface area contributed by atoms with Crippen LogP contribution in [0.5, 0.6) is 0 Å². The topological polar surface area (TPSA) is 60.5 Å². The number of halogens is 1. The lowest BCUT2D eigenvalue weighted by atomic mass is 10.1. The highest BCUT2D eigenvalue weighted by atomic mass is 79.9. The van der Waals surface area contributed by atoms with Crippen molar-refractivity contribution in [2.75, 3.05) is 18.5 Å². The van der Waals surface area contributed by atoms with Gasteiger partial charge in [-0.2, -0.15) is 0 Å². The van der Waals surface area contributed by atoms with E-state index in [0.717, 1.165) is 41.6 Å². The number of rotatable bonds is 6. The molecule has 1 fully saturated rings. The molecular formula is C18H21BrN2O3S. The van der Waals surface area contributed by atoms with Crippen molar-refractivity contribution in [3.05, 3.63) is 34.1 Å². The molecule has 1 aliphatic heterocycles. The van der Waals surface area contributed by atoms with E-state index in [1.165, 1.54) is 11.3 Å². The van der Waals surface area contributed by atoms with Gasteiger partial charge in [0.2, 0.25) is 0 Å². The highest BCUT2D eigenvalue weighted by molar-refractivity contribution is 9.10. The Hall–Kier alpha value is -1.28. The molecule has 1 amide bonds. The number of aromatic nitrogens is 1. The van der Waals surface area contributed by atoms with Gasteiger partial charge in [-0.3, -0.25) is 10.1 Å². The first kappa shape index (κ1) is 18.5. The molecule has 1 saturated heterocycles. The van der Waals surface area contributed by atoms with Crippen molar-refractivity contribution in [2.45, 2.75) is 38.4 Å². The third-order valence-electron chi connectivity index (χ3n) is 4.03. The molecule has 1 aromatic carbocycles. The lowest BCUT2D eigenvalue weighted by Crippen LogP contribution is -2.32. The molecule has 25 heavy (non-hydrogen) atoms. The summed E-state index contributed by atoms with van der Waals surface area (Å²) in [5.41, 5.74) is 1.84. The Balaban J connectivity index is 1.52. The number of thiazole rings is 1. The zero-order chi connectivity index (χ0) is 17.6. The molecule has 3 rings (SSSR count). The molecular weight excluding hydrogens is 404 g/mol. The molecule has 2 heterocycles. The normalized spacial score (nSPS) is 18.7. The molecule has 0 radical (unpaired) electrons. The predicted molar refractivity (Wildman–Crippen MR) is 103 cm³/mol. The molecule has 2 atom stereocenters. The number of benzene rings is 1. The van der Waals surface area contributed by atoms with E-state index in [1.807, 2.05) is 29.6 Å². The van der Waals surface area contributed by atoms with Crippen molar-refractivity contribution in [2.24, 2.45) is 0 Å². The number of nitrogens with zero attached hydrogens (tertiary/aromatic N) is 1. The minimum absolute atomic E-state index is 0.104. The van der Waals surface area contributed by atoms with Crippen LogP contribution in [0.2, 0.25) is 0 Å². The van der Waals surface area contributed by atoms with E-state index >= 15 is 0 Å². The lowest BCUT2D eigenvalue weighted by molar-refractivity contribution is -0.130. The van der Waals surface area contributed by atoms with Crippen molar-refractivity contribution in [3.63, 3.8) is 0 Å². The smallest absolute Gasteiger partial charge is 0.254 e. The van der Waals surface area contributed by atoms with Crippen molar-refractivity contribution in [1.29, 1.82) is 0 Å². The fourth-order valence-electron chi connectivity index (χ4n) is 2.58. The summed E-state index contributed by atoms with van der Waals surface area (Å²) in [7, 11) is 0. The van der Waals surface area contributed by atoms with Gasteiger partial charge >= 0.3 is 0 Å². The Labute approximate surface area is 159 Å². The van der Waals surface area contributed by atoms with Gasteiger partial charge in [-0.15, -0.1) is 11.3 Å². The van der Waals surface area contributed by atoms with Gasteiger partial charge in [0.1, 0.15) is 6.10 Å². The van der Waals surface area contributed by atoms with E-state index in [9.17, 15) is 4.79 Å². The number of anilines is 1. The first-order chi connectivity index (χ1) is 12.1. The molecule has 1 aliphatic rings. The second-order valence-corrected chi connectivity index (χ2v) is 7.78. The minimum Gasteiger partial charge on any atom is -0.376 e. The molecule has 0 bridgehead atoms. The maximum absolute atomic E-state index is 12.3. The zero-order valence-corrected chi connectivity index (χ0v) is 16.4. The molecule has 0 spiro atoms. The number of nitrogens with one attached hydrogen (secondary N) is 1. The van der Waals surface area contributed by atoms with Gasteiger partial charge in [0.25, 0.3) is 5.91 Å². The Morgan fingerprint density at radius 1 is 1.52 bits per heavy atom. The van der Waals surface area contributed by atoms with Crippen LogP contribution in [0.15, 0.2) is 34.1 Å². The molecule has 5 nitrogen and oxygen atoms in total. The van der Waals surface area contributed by atoms with Gasteiger partial charge in [-0.05, 0) is 38.3 Å². The Bertz CT molecular complexity index is 716. The average molecular weight is 425 g/mol. The quantitative estimate of drug-likeness (QED) is 0.741. The summed E-state index contributed by atoms with van der Waals surface area (Å²) < 4.78 is 12.3. The summed E-state index contributed by atoms with van der Waals surface area (Å²) in [6, 6.07) is 7.91. The molecule has 0 saturated carbocycles. The second-order valence-electron chi connectivity index (χ2n) is 6.00. The third-order valence-corrected chi connectivity index (χ3v) is 5.28. The van der Waals surface area contributed by atoms with Gasteiger partial charge in [0.05, 0.1) is 18.4 Å². The Morgan fingerprint density at radius 2 is 2.40 bits per heavy atom. The summed E-state index contributed by atoms with van der Waals surface area (Å²) in [5, 5.41) is 5.33. The van der Waals surface area contributed by atoms with E-state index in [-0.39, 0.29) is 12.0 Å². The van der Waals surface area contributed by atoms with Crippen LogP contribution in [0.4, 0.5) is 5.13 Å². The largest absolute Gasteiger partial charge is 0.376 e. The SMILES string of the molecule is CC(OCC1CCCCO1)C(=O)Nc1nc(-c2cccc(Br)c2)cs1. The van der Waals surface area contributed by atoms with E-state index in [0.29, 0.717) is 11.7 Å². The van der Waals surface area contributed by atoms with Crippen LogP contribution in [0.3, 0.4) is 0 Å². The zero-order valence-electron chi connectivity index (χ0n) is 14.0. The van der Waals surface area contributed by atoms with Crippen LogP contribution >= 0.6 is 27.3 Å². The molecule has 1 N–H and O–H groups in total. The number of carbonyl (C=O) groups excluding carboxylic acids is 1. The lowest BCUT2D eigenvalue weighted by Gasteiger charge is -2.23. The second kappa shape index (κ2) is 8.89. The maximum Gasteiger partial charge on any atom is 0.254 e. The number of ether oxygens (including phenoxy) is 2. The van der Waals surface area contributed by atoms with Crippen molar-refractivity contribution >= 4 is 38.3 Å². The summed E-state index contributed by atoms with van der Waals surface area (Å²) in [5.74, 6) is -0.189. The number of carbonyl (C=O) groups is 1. The summed E-state index contributed by atoms with van der Waals surface area (Å²) in [4.78, 5) is 16.7. The van der Waals surface area contributed by atoms with Gasteiger partial charge in [0.15, 0.2) is 5.13 Å². The first-order valence-electron chi connectivity index (χ1n) is 8.37. The first-order valence-corrected chi connectivity index (χ1v) is 10.0. The van der Waals surface area contributed by atoms with Crippen molar-refractivity contribution < 1.29 is 14.3 Å². The minimum atomic E-state index is -0.538. The highest BCUT2D eigenvalue weighted by Crippen LogP contribution is 2.27. The van der Waals surface area contributed by atoms with Gasteiger partial charge in [-0.1, -0.05) is 28.1 Å². The monoisotopic (exact) mass is 424 g/mol. The molecule has 2 aromatic rings.